The van der Waals surface area contributed by atoms with Crippen LogP contribution in [0.1, 0.15) is 16.8 Å². The number of ether oxygens (including phenoxy) is 2. The highest BCUT2D eigenvalue weighted by molar-refractivity contribution is 5.28. The molecule has 0 aliphatic heterocycles. The number of hydrogen-bond donors (Lipinski definition) is 0. The molecular weight excluding hydrogens is 226 g/mol. The molecular formula is C15H17NO2. The van der Waals surface area contributed by atoms with Gasteiger partial charge in [-0.1, -0.05) is 12.1 Å². The Kier molecular flexibility index (Phi) is 3.82. The molecule has 0 saturated heterocycles. The molecule has 3 heteroatoms. The molecule has 2 aromatic rings. The van der Waals surface area contributed by atoms with E-state index in [2.05, 4.69) is 4.98 Å². The van der Waals surface area contributed by atoms with E-state index in [-0.39, 0.29) is 0 Å². The summed E-state index contributed by atoms with van der Waals surface area (Å²) in [4.78, 5) is 4.34. The summed E-state index contributed by atoms with van der Waals surface area (Å²) in [5.74, 6) is 1.48. The Balaban J connectivity index is 2.08. The third-order valence-corrected chi connectivity index (χ3v) is 2.58. The molecule has 0 bridgehead atoms. The number of hydrogen-bond acceptors (Lipinski definition) is 3. The minimum absolute atomic E-state index is 0.446. The molecule has 18 heavy (non-hydrogen) atoms. The Morgan fingerprint density at radius 2 is 1.89 bits per heavy atom. The van der Waals surface area contributed by atoms with Crippen LogP contribution in [0.4, 0.5) is 0 Å². The van der Waals surface area contributed by atoms with Gasteiger partial charge in [0.25, 0.3) is 0 Å². The predicted molar refractivity (Wildman–Crippen MR) is 71.0 cm³/mol. The molecule has 0 aliphatic carbocycles. The van der Waals surface area contributed by atoms with Crippen molar-refractivity contribution in [2.24, 2.45) is 0 Å². The third-order valence-electron chi connectivity index (χ3n) is 2.58. The predicted octanol–water partition coefficient (Wildman–Crippen LogP) is 3.29. The fraction of sp³-hybridized carbons (Fsp3) is 0.267. The van der Waals surface area contributed by atoms with E-state index in [1.165, 1.54) is 5.56 Å². The van der Waals surface area contributed by atoms with Crippen molar-refractivity contribution in [1.82, 2.24) is 4.98 Å². The molecule has 0 N–H and O–H groups in total. The Morgan fingerprint density at radius 3 is 2.61 bits per heavy atom. The van der Waals surface area contributed by atoms with Crippen LogP contribution in [0.15, 0.2) is 36.4 Å². The summed E-state index contributed by atoms with van der Waals surface area (Å²) in [6.07, 6.45) is 0. The lowest BCUT2D eigenvalue weighted by Gasteiger charge is -2.08. The molecule has 1 heterocycles. The van der Waals surface area contributed by atoms with E-state index in [9.17, 15) is 0 Å². The van der Waals surface area contributed by atoms with E-state index >= 15 is 0 Å². The van der Waals surface area contributed by atoms with Crippen LogP contribution in [0, 0.1) is 13.8 Å². The van der Waals surface area contributed by atoms with Crippen LogP contribution in [0.3, 0.4) is 0 Å². The lowest BCUT2D eigenvalue weighted by atomic mass is 10.2. The smallest absolute Gasteiger partial charge is 0.213 e. The average Bonchev–Trinajstić information content (AvgIpc) is 2.36. The second-order valence-electron chi connectivity index (χ2n) is 4.28. The first kappa shape index (κ1) is 12.4. The SMILES string of the molecule is COc1cc(C)cc(COc2cccc(C)c2)n1. The van der Waals surface area contributed by atoms with E-state index in [1.54, 1.807) is 7.11 Å². The summed E-state index contributed by atoms with van der Waals surface area (Å²) >= 11 is 0. The van der Waals surface area contributed by atoms with Crippen molar-refractivity contribution >= 4 is 0 Å². The van der Waals surface area contributed by atoms with Crippen LogP contribution < -0.4 is 9.47 Å². The van der Waals surface area contributed by atoms with Gasteiger partial charge in [0.15, 0.2) is 0 Å². The van der Waals surface area contributed by atoms with Gasteiger partial charge in [0.05, 0.1) is 12.8 Å². The topological polar surface area (TPSA) is 31.4 Å². The standard InChI is InChI=1S/C15H17NO2/c1-11-5-4-6-14(8-11)18-10-13-7-12(2)9-15(16-13)17-3/h4-9H,10H2,1-3H3. The molecule has 0 atom stereocenters. The van der Waals surface area contributed by atoms with Gasteiger partial charge in [-0.05, 0) is 43.2 Å². The fourth-order valence-corrected chi connectivity index (χ4v) is 1.75. The second-order valence-corrected chi connectivity index (χ2v) is 4.28. The first-order valence-corrected chi connectivity index (χ1v) is 5.88. The van der Waals surface area contributed by atoms with E-state index in [0.717, 1.165) is 17.0 Å². The maximum Gasteiger partial charge on any atom is 0.213 e. The van der Waals surface area contributed by atoms with E-state index in [0.29, 0.717) is 12.5 Å². The van der Waals surface area contributed by atoms with E-state index in [4.69, 9.17) is 9.47 Å². The van der Waals surface area contributed by atoms with E-state index in [1.807, 2.05) is 50.2 Å². The second kappa shape index (κ2) is 5.54. The van der Waals surface area contributed by atoms with Crippen molar-refractivity contribution in [3.63, 3.8) is 0 Å². The number of benzene rings is 1. The maximum absolute atomic E-state index is 5.71. The Bertz CT molecular complexity index is 538. The average molecular weight is 243 g/mol. The molecule has 0 unspecified atom stereocenters. The van der Waals surface area contributed by atoms with Crippen LogP contribution in [-0.4, -0.2) is 12.1 Å². The van der Waals surface area contributed by atoms with Crippen molar-refractivity contribution in [2.75, 3.05) is 7.11 Å². The summed E-state index contributed by atoms with van der Waals surface area (Å²) < 4.78 is 10.8. The fourth-order valence-electron chi connectivity index (χ4n) is 1.75. The van der Waals surface area contributed by atoms with Gasteiger partial charge in [-0.25, -0.2) is 4.98 Å². The van der Waals surface area contributed by atoms with Crippen molar-refractivity contribution in [3.8, 4) is 11.6 Å². The molecule has 1 aromatic heterocycles. The van der Waals surface area contributed by atoms with Crippen molar-refractivity contribution in [1.29, 1.82) is 0 Å². The first-order chi connectivity index (χ1) is 8.67. The van der Waals surface area contributed by atoms with Gasteiger partial charge in [0, 0.05) is 6.07 Å². The number of aromatic nitrogens is 1. The molecule has 0 amide bonds. The number of aryl methyl sites for hydroxylation is 2. The third kappa shape index (κ3) is 3.23. The zero-order valence-corrected chi connectivity index (χ0v) is 10.9. The number of pyridine rings is 1. The summed E-state index contributed by atoms with van der Waals surface area (Å²) in [5, 5.41) is 0. The number of methoxy groups -OCH3 is 1. The Hall–Kier alpha value is -2.03. The lowest BCUT2D eigenvalue weighted by Crippen LogP contribution is -2.00. The lowest BCUT2D eigenvalue weighted by molar-refractivity contribution is 0.297. The summed E-state index contributed by atoms with van der Waals surface area (Å²) in [7, 11) is 1.62. The summed E-state index contributed by atoms with van der Waals surface area (Å²) in [5.41, 5.74) is 3.17. The molecule has 0 radical (unpaired) electrons. The van der Waals surface area contributed by atoms with Gasteiger partial charge in [0.1, 0.15) is 12.4 Å². The molecule has 94 valence electrons. The van der Waals surface area contributed by atoms with Gasteiger partial charge in [-0.3, -0.25) is 0 Å². The van der Waals surface area contributed by atoms with Crippen molar-refractivity contribution in [2.45, 2.75) is 20.5 Å². The van der Waals surface area contributed by atoms with Crippen LogP contribution in [-0.2, 0) is 6.61 Å². The van der Waals surface area contributed by atoms with Gasteiger partial charge < -0.3 is 9.47 Å². The molecule has 0 fully saturated rings. The summed E-state index contributed by atoms with van der Waals surface area (Å²) in [6.45, 7) is 4.50. The van der Waals surface area contributed by atoms with Gasteiger partial charge in [-0.2, -0.15) is 0 Å². The van der Waals surface area contributed by atoms with Crippen LogP contribution in [0.5, 0.6) is 11.6 Å². The molecule has 2 rings (SSSR count). The highest BCUT2D eigenvalue weighted by atomic mass is 16.5. The van der Waals surface area contributed by atoms with Gasteiger partial charge in [0.2, 0.25) is 5.88 Å². The molecule has 3 nitrogen and oxygen atoms in total. The highest BCUT2D eigenvalue weighted by Crippen LogP contribution is 2.16. The zero-order chi connectivity index (χ0) is 13.0. The quantitative estimate of drug-likeness (QED) is 0.825. The van der Waals surface area contributed by atoms with Crippen molar-refractivity contribution in [3.05, 3.63) is 53.2 Å². The van der Waals surface area contributed by atoms with Gasteiger partial charge in [-0.15, -0.1) is 0 Å². The minimum atomic E-state index is 0.446. The largest absolute Gasteiger partial charge is 0.487 e. The van der Waals surface area contributed by atoms with Gasteiger partial charge >= 0.3 is 0 Å². The number of rotatable bonds is 4. The van der Waals surface area contributed by atoms with Crippen LogP contribution in [0.2, 0.25) is 0 Å². The molecule has 0 spiro atoms. The summed E-state index contributed by atoms with van der Waals surface area (Å²) in [6, 6.07) is 11.9. The number of nitrogens with zero attached hydrogens (tertiary/aromatic N) is 1. The minimum Gasteiger partial charge on any atom is -0.487 e. The van der Waals surface area contributed by atoms with Crippen LogP contribution >= 0.6 is 0 Å². The zero-order valence-electron chi connectivity index (χ0n) is 10.9. The normalized spacial score (nSPS) is 10.2. The molecule has 0 aliphatic rings. The monoisotopic (exact) mass is 243 g/mol. The van der Waals surface area contributed by atoms with Crippen molar-refractivity contribution < 1.29 is 9.47 Å². The van der Waals surface area contributed by atoms with E-state index < -0.39 is 0 Å². The first-order valence-electron chi connectivity index (χ1n) is 5.88. The molecule has 0 saturated carbocycles. The molecule has 1 aromatic carbocycles. The highest BCUT2D eigenvalue weighted by Gasteiger charge is 2.02. The van der Waals surface area contributed by atoms with Crippen LogP contribution in [0.25, 0.3) is 0 Å². The maximum atomic E-state index is 5.71. The Labute approximate surface area is 107 Å². The Morgan fingerprint density at radius 1 is 1.06 bits per heavy atom.